The van der Waals surface area contributed by atoms with Gasteiger partial charge in [0.05, 0.1) is 11.4 Å². The molecule has 6 heteroatoms. The molecular weight excluding hydrogens is 420 g/mol. The van der Waals surface area contributed by atoms with Gasteiger partial charge >= 0.3 is 0 Å². The highest BCUT2D eigenvalue weighted by atomic mass is 32.2. The van der Waals surface area contributed by atoms with Gasteiger partial charge in [0.15, 0.2) is 0 Å². The predicted molar refractivity (Wildman–Crippen MR) is 127 cm³/mol. The fraction of sp³-hybridized carbons (Fsp3) is 0.269. The van der Waals surface area contributed by atoms with Crippen molar-refractivity contribution in [2.45, 2.75) is 44.7 Å². The van der Waals surface area contributed by atoms with E-state index < -0.39 is 10.0 Å². The SMILES string of the molecule is Cc1ccc(CN(CC(=O)N2c3ccccc3C[C@@H]2C)S(=O)(=O)c2ccc(C)cc2)cc1. The lowest BCUT2D eigenvalue weighted by molar-refractivity contribution is -0.119. The Hall–Kier alpha value is -2.96. The molecule has 0 saturated carbocycles. The lowest BCUT2D eigenvalue weighted by Gasteiger charge is -2.27. The molecule has 0 aliphatic carbocycles. The first kappa shape index (κ1) is 22.2. The molecule has 1 aliphatic heterocycles. The van der Waals surface area contributed by atoms with Crippen LogP contribution in [0.5, 0.6) is 0 Å². The average Bonchev–Trinajstić information content (AvgIpc) is 3.10. The van der Waals surface area contributed by atoms with Crippen molar-refractivity contribution < 1.29 is 13.2 Å². The number of benzene rings is 3. The Morgan fingerprint density at radius 3 is 2.19 bits per heavy atom. The lowest BCUT2D eigenvalue weighted by Crippen LogP contribution is -2.44. The zero-order valence-electron chi connectivity index (χ0n) is 18.7. The van der Waals surface area contributed by atoms with Crippen LogP contribution in [-0.2, 0) is 27.8 Å². The monoisotopic (exact) mass is 448 g/mol. The summed E-state index contributed by atoms with van der Waals surface area (Å²) in [4.78, 5) is 15.4. The molecule has 4 rings (SSSR count). The summed E-state index contributed by atoms with van der Waals surface area (Å²) in [5.41, 5.74) is 4.90. The van der Waals surface area contributed by atoms with E-state index in [1.54, 1.807) is 29.2 Å². The maximum absolute atomic E-state index is 13.5. The highest BCUT2D eigenvalue weighted by Crippen LogP contribution is 2.32. The molecule has 32 heavy (non-hydrogen) atoms. The molecule has 166 valence electrons. The summed E-state index contributed by atoms with van der Waals surface area (Å²) in [7, 11) is -3.86. The van der Waals surface area contributed by atoms with Gasteiger partial charge in [0.25, 0.3) is 0 Å². The lowest BCUT2D eigenvalue weighted by atomic mass is 10.1. The smallest absolute Gasteiger partial charge is 0.243 e. The summed E-state index contributed by atoms with van der Waals surface area (Å²) in [6.45, 7) is 5.81. The second-order valence-corrected chi connectivity index (χ2v) is 10.5. The van der Waals surface area contributed by atoms with E-state index in [-0.39, 0.29) is 29.9 Å². The van der Waals surface area contributed by atoms with Gasteiger partial charge in [-0.3, -0.25) is 4.79 Å². The highest BCUT2D eigenvalue weighted by molar-refractivity contribution is 7.89. The number of rotatable bonds is 6. The third-order valence-electron chi connectivity index (χ3n) is 5.93. The van der Waals surface area contributed by atoms with Crippen LogP contribution in [0.25, 0.3) is 0 Å². The van der Waals surface area contributed by atoms with E-state index in [0.29, 0.717) is 0 Å². The Morgan fingerprint density at radius 1 is 0.938 bits per heavy atom. The maximum Gasteiger partial charge on any atom is 0.243 e. The first-order chi connectivity index (χ1) is 15.3. The number of sulfonamides is 1. The normalized spacial score (nSPS) is 15.8. The van der Waals surface area contributed by atoms with Gasteiger partial charge in [-0.05, 0) is 56.5 Å². The topological polar surface area (TPSA) is 57.7 Å². The number of aryl methyl sites for hydroxylation is 2. The summed E-state index contributed by atoms with van der Waals surface area (Å²) in [6, 6.07) is 22.3. The number of anilines is 1. The van der Waals surface area contributed by atoms with Crippen molar-refractivity contribution in [3.05, 3.63) is 95.1 Å². The van der Waals surface area contributed by atoms with Crippen LogP contribution in [0.3, 0.4) is 0 Å². The second-order valence-electron chi connectivity index (χ2n) is 8.52. The maximum atomic E-state index is 13.5. The van der Waals surface area contributed by atoms with Crippen LogP contribution in [0.1, 0.15) is 29.2 Å². The molecule has 3 aromatic carbocycles. The minimum absolute atomic E-state index is 0.0109. The Bertz CT molecular complexity index is 1220. The van der Waals surface area contributed by atoms with Crippen molar-refractivity contribution in [1.82, 2.24) is 4.31 Å². The predicted octanol–water partition coefficient (Wildman–Crippen LogP) is 4.47. The Balaban J connectivity index is 1.67. The summed E-state index contributed by atoms with van der Waals surface area (Å²) in [5.74, 6) is -0.217. The molecule has 1 amide bonds. The minimum Gasteiger partial charge on any atom is -0.308 e. The van der Waals surface area contributed by atoms with Crippen molar-refractivity contribution >= 4 is 21.6 Å². The Kier molecular flexibility index (Phi) is 6.17. The summed E-state index contributed by atoms with van der Waals surface area (Å²) in [6.07, 6.45) is 0.768. The van der Waals surface area contributed by atoms with Gasteiger partial charge in [0, 0.05) is 18.3 Å². The van der Waals surface area contributed by atoms with Gasteiger partial charge in [0.2, 0.25) is 15.9 Å². The molecule has 0 unspecified atom stereocenters. The molecule has 0 N–H and O–H groups in total. The molecule has 0 radical (unpaired) electrons. The Morgan fingerprint density at radius 2 is 1.53 bits per heavy atom. The van der Waals surface area contributed by atoms with Gasteiger partial charge in [-0.2, -0.15) is 4.31 Å². The molecule has 3 aromatic rings. The number of fused-ring (bicyclic) bond motifs is 1. The molecule has 0 fully saturated rings. The van der Waals surface area contributed by atoms with Crippen LogP contribution in [-0.4, -0.2) is 31.2 Å². The molecule has 0 spiro atoms. The van der Waals surface area contributed by atoms with Crippen molar-refractivity contribution in [3.63, 3.8) is 0 Å². The third-order valence-corrected chi connectivity index (χ3v) is 7.73. The van der Waals surface area contributed by atoms with E-state index >= 15 is 0 Å². The standard InChI is InChI=1S/C26H28N2O3S/c1-19-8-12-22(13-9-19)17-27(32(30,31)24-14-10-20(2)11-15-24)18-26(29)28-21(3)16-23-6-4-5-7-25(23)28/h4-15,21H,16-18H2,1-3H3/t21-/m0/s1. The first-order valence-corrected chi connectivity index (χ1v) is 12.2. The average molecular weight is 449 g/mol. The Labute approximate surface area is 190 Å². The first-order valence-electron chi connectivity index (χ1n) is 10.8. The molecule has 0 aromatic heterocycles. The molecule has 0 saturated heterocycles. The van der Waals surface area contributed by atoms with Gasteiger partial charge < -0.3 is 4.90 Å². The third kappa shape index (κ3) is 4.47. The highest BCUT2D eigenvalue weighted by Gasteiger charge is 2.34. The van der Waals surface area contributed by atoms with E-state index in [0.717, 1.165) is 34.4 Å². The van der Waals surface area contributed by atoms with Gasteiger partial charge in [0.1, 0.15) is 0 Å². The molecular formula is C26H28N2O3S. The van der Waals surface area contributed by atoms with E-state index in [2.05, 4.69) is 0 Å². The number of para-hydroxylation sites is 1. The van der Waals surface area contributed by atoms with Crippen LogP contribution in [0, 0.1) is 13.8 Å². The fourth-order valence-electron chi connectivity index (χ4n) is 4.15. The van der Waals surface area contributed by atoms with Crippen LogP contribution >= 0.6 is 0 Å². The van der Waals surface area contributed by atoms with Crippen molar-refractivity contribution in [1.29, 1.82) is 0 Å². The zero-order valence-corrected chi connectivity index (χ0v) is 19.5. The number of carbonyl (C=O) groups is 1. The molecule has 5 nitrogen and oxygen atoms in total. The largest absolute Gasteiger partial charge is 0.308 e. The number of carbonyl (C=O) groups excluding carboxylic acids is 1. The summed E-state index contributed by atoms with van der Waals surface area (Å²) < 4.78 is 28.4. The molecule has 0 bridgehead atoms. The number of hydrogen-bond donors (Lipinski definition) is 0. The van der Waals surface area contributed by atoms with Gasteiger partial charge in [-0.1, -0.05) is 65.7 Å². The molecule has 1 heterocycles. The summed E-state index contributed by atoms with van der Waals surface area (Å²) in [5, 5.41) is 0. The van der Waals surface area contributed by atoms with Gasteiger partial charge in [-0.25, -0.2) is 8.42 Å². The quantitative estimate of drug-likeness (QED) is 0.559. The van der Waals surface area contributed by atoms with Crippen LogP contribution in [0.15, 0.2) is 77.7 Å². The van der Waals surface area contributed by atoms with Crippen LogP contribution in [0.2, 0.25) is 0 Å². The van der Waals surface area contributed by atoms with E-state index in [4.69, 9.17) is 0 Å². The van der Waals surface area contributed by atoms with Crippen LogP contribution in [0.4, 0.5) is 5.69 Å². The van der Waals surface area contributed by atoms with Gasteiger partial charge in [-0.15, -0.1) is 0 Å². The van der Waals surface area contributed by atoms with Crippen molar-refractivity contribution in [2.24, 2.45) is 0 Å². The van der Waals surface area contributed by atoms with Crippen LogP contribution < -0.4 is 4.90 Å². The number of amides is 1. The van der Waals surface area contributed by atoms with Crippen molar-refractivity contribution in [3.8, 4) is 0 Å². The zero-order chi connectivity index (χ0) is 22.9. The van der Waals surface area contributed by atoms with E-state index in [9.17, 15) is 13.2 Å². The molecule has 1 aliphatic rings. The number of nitrogens with zero attached hydrogens (tertiary/aromatic N) is 2. The van der Waals surface area contributed by atoms with E-state index in [1.165, 1.54) is 4.31 Å². The molecule has 1 atom stereocenters. The fourth-order valence-corrected chi connectivity index (χ4v) is 5.53. The second kappa shape index (κ2) is 8.88. The van der Waals surface area contributed by atoms with Crippen molar-refractivity contribution in [2.75, 3.05) is 11.4 Å². The summed E-state index contributed by atoms with van der Waals surface area (Å²) >= 11 is 0. The van der Waals surface area contributed by atoms with E-state index in [1.807, 2.05) is 69.3 Å². The minimum atomic E-state index is -3.86. The number of hydrogen-bond acceptors (Lipinski definition) is 3.